The molecule has 0 heterocycles. The van der Waals surface area contributed by atoms with Gasteiger partial charge in [0.15, 0.2) is 0 Å². The highest BCUT2D eigenvalue weighted by molar-refractivity contribution is 5.85. The molecule has 0 radical (unpaired) electrons. The summed E-state index contributed by atoms with van der Waals surface area (Å²) in [6.07, 6.45) is 0.653. The van der Waals surface area contributed by atoms with Crippen LogP contribution >= 0.6 is 12.4 Å². The van der Waals surface area contributed by atoms with Gasteiger partial charge in [0.2, 0.25) is 0 Å². The number of rotatable bonds is 4. The molecule has 0 aliphatic carbocycles. The second-order valence-electron chi connectivity index (χ2n) is 3.11. The third kappa shape index (κ3) is 3.58. The van der Waals surface area contributed by atoms with Gasteiger partial charge in [-0.1, -0.05) is 6.07 Å². The summed E-state index contributed by atoms with van der Waals surface area (Å²) in [7, 11) is 1.55. The fourth-order valence-corrected chi connectivity index (χ4v) is 1.30. The molecule has 0 saturated carbocycles. The van der Waals surface area contributed by atoms with Gasteiger partial charge >= 0.3 is 0 Å². The molecule has 0 bridgehead atoms. The number of hydrogen-bond acceptors (Lipinski definition) is 4. The number of phenols is 1. The van der Waals surface area contributed by atoms with E-state index in [1.807, 2.05) is 0 Å². The molecule has 5 N–H and O–H groups in total. The minimum Gasteiger partial charge on any atom is -0.507 e. The average Bonchev–Trinajstić information content (AvgIpc) is 2.17. The molecule has 0 aliphatic heterocycles. The van der Waals surface area contributed by atoms with E-state index in [9.17, 15) is 5.11 Å². The Balaban J connectivity index is 0.00000196. The number of phenolic OH excluding ortho intramolecular Hbond substituents is 1. The van der Waals surface area contributed by atoms with Crippen LogP contribution in [-0.2, 0) is 0 Å². The fourth-order valence-electron chi connectivity index (χ4n) is 1.30. The zero-order valence-electron chi connectivity index (χ0n) is 8.64. The molecule has 5 heteroatoms. The third-order valence-corrected chi connectivity index (χ3v) is 2.11. The van der Waals surface area contributed by atoms with E-state index in [0.717, 1.165) is 0 Å². The van der Waals surface area contributed by atoms with Gasteiger partial charge in [-0.05, 0) is 19.0 Å². The van der Waals surface area contributed by atoms with Crippen molar-refractivity contribution in [3.63, 3.8) is 0 Å². The standard InChI is InChI=1S/C10H16N2O2.ClH/c1-14-7-2-3-8(10(13)6-7)9(12)4-5-11;/h2-3,6,9,13H,4-5,11-12H2,1H3;1H/t9-;/m1./s1. The van der Waals surface area contributed by atoms with Gasteiger partial charge in [0.05, 0.1) is 7.11 Å². The molecule has 0 amide bonds. The lowest BCUT2D eigenvalue weighted by Gasteiger charge is -2.13. The normalized spacial score (nSPS) is 11.7. The lowest BCUT2D eigenvalue weighted by atomic mass is 10.0. The monoisotopic (exact) mass is 232 g/mol. The van der Waals surface area contributed by atoms with Crippen molar-refractivity contribution in [2.75, 3.05) is 13.7 Å². The van der Waals surface area contributed by atoms with Crippen molar-refractivity contribution < 1.29 is 9.84 Å². The molecular formula is C10H17ClN2O2. The highest BCUT2D eigenvalue weighted by Crippen LogP contribution is 2.28. The van der Waals surface area contributed by atoms with E-state index in [-0.39, 0.29) is 24.2 Å². The predicted octanol–water partition coefficient (Wildman–Crippen LogP) is 1.17. The van der Waals surface area contributed by atoms with Gasteiger partial charge < -0.3 is 21.3 Å². The van der Waals surface area contributed by atoms with E-state index in [2.05, 4.69) is 0 Å². The van der Waals surface area contributed by atoms with Crippen LogP contribution < -0.4 is 16.2 Å². The van der Waals surface area contributed by atoms with Crippen molar-refractivity contribution in [2.45, 2.75) is 12.5 Å². The Labute approximate surface area is 95.6 Å². The Bertz CT molecular complexity index is 307. The van der Waals surface area contributed by atoms with Crippen molar-refractivity contribution in [3.05, 3.63) is 23.8 Å². The Hall–Kier alpha value is -0.970. The molecule has 1 aromatic rings. The van der Waals surface area contributed by atoms with Gasteiger partial charge in [-0.3, -0.25) is 0 Å². The molecule has 15 heavy (non-hydrogen) atoms. The van der Waals surface area contributed by atoms with E-state index in [1.165, 1.54) is 0 Å². The Kier molecular flexibility index (Phi) is 6.08. The number of hydrogen-bond donors (Lipinski definition) is 3. The van der Waals surface area contributed by atoms with Crippen LogP contribution in [0.3, 0.4) is 0 Å². The number of halogens is 1. The summed E-state index contributed by atoms with van der Waals surface area (Å²) in [5.74, 6) is 0.775. The number of ether oxygens (including phenoxy) is 1. The lowest BCUT2D eigenvalue weighted by molar-refractivity contribution is 0.405. The Morgan fingerprint density at radius 2 is 2.13 bits per heavy atom. The molecule has 0 fully saturated rings. The molecule has 0 saturated heterocycles. The van der Waals surface area contributed by atoms with Crippen molar-refractivity contribution in [2.24, 2.45) is 11.5 Å². The smallest absolute Gasteiger partial charge is 0.124 e. The maximum absolute atomic E-state index is 9.62. The van der Waals surface area contributed by atoms with Crippen LogP contribution in [0.4, 0.5) is 0 Å². The zero-order valence-corrected chi connectivity index (χ0v) is 9.46. The quantitative estimate of drug-likeness (QED) is 0.728. The molecule has 1 rings (SSSR count). The summed E-state index contributed by atoms with van der Waals surface area (Å²) in [4.78, 5) is 0. The zero-order chi connectivity index (χ0) is 10.6. The maximum Gasteiger partial charge on any atom is 0.124 e. The average molecular weight is 233 g/mol. The summed E-state index contributed by atoms with van der Waals surface area (Å²) in [6, 6.07) is 4.86. The summed E-state index contributed by atoms with van der Waals surface area (Å²) in [5, 5.41) is 9.62. The SMILES string of the molecule is COc1ccc([C@H](N)CCN)c(O)c1.Cl. The summed E-state index contributed by atoms with van der Waals surface area (Å²) in [6.45, 7) is 0.507. The van der Waals surface area contributed by atoms with Gasteiger partial charge in [-0.15, -0.1) is 12.4 Å². The lowest BCUT2D eigenvalue weighted by Crippen LogP contribution is -2.15. The van der Waals surface area contributed by atoms with Gasteiger partial charge in [0.25, 0.3) is 0 Å². The van der Waals surface area contributed by atoms with Crippen LogP contribution in [0.25, 0.3) is 0 Å². The van der Waals surface area contributed by atoms with Crippen molar-refractivity contribution in [1.29, 1.82) is 0 Å². The fraction of sp³-hybridized carbons (Fsp3) is 0.400. The molecular weight excluding hydrogens is 216 g/mol. The second-order valence-corrected chi connectivity index (χ2v) is 3.11. The summed E-state index contributed by atoms with van der Waals surface area (Å²) >= 11 is 0. The van der Waals surface area contributed by atoms with Gasteiger partial charge in [-0.2, -0.15) is 0 Å². The van der Waals surface area contributed by atoms with E-state index in [1.54, 1.807) is 25.3 Å². The molecule has 0 aliphatic rings. The second kappa shape index (κ2) is 6.50. The largest absolute Gasteiger partial charge is 0.507 e. The van der Waals surface area contributed by atoms with Gasteiger partial charge in [0, 0.05) is 17.7 Å². The van der Waals surface area contributed by atoms with Crippen molar-refractivity contribution >= 4 is 12.4 Å². The summed E-state index contributed by atoms with van der Waals surface area (Å²) in [5.41, 5.74) is 11.9. The molecule has 86 valence electrons. The van der Waals surface area contributed by atoms with Crippen LogP contribution in [0.15, 0.2) is 18.2 Å². The minimum absolute atomic E-state index is 0. The Morgan fingerprint density at radius 3 is 2.60 bits per heavy atom. The minimum atomic E-state index is -0.217. The predicted molar refractivity (Wildman–Crippen MR) is 62.5 cm³/mol. The van der Waals surface area contributed by atoms with E-state index >= 15 is 0 Å². The summed E-state index contributed by atoms with van der Waals surface area (Å²) < 4.78 is 4.96. The van der Waals surface area contributed by atoms with Crippen LogP contribution in [-0.4, -0.2) is 18.8 Å². The highest BCUT2D eigenvalue weighted by atomic mass is 35.5. The van der Waals surface area contributed by atoms with Crippen LogP contribution in [0.5, 0.6) is 11.5 Å². The molecule has 1 aromatic carbocycles. The first-order valence-corrected chi connectivity index (χ1v) is 4.51. The van der Waals surface area contributed by atoms with E-state index in [0.29, 0.717) is 24.3 Å². The van der Waals surface area contributed by atoms with Gasteiger partial charge in [-0.25, -0.2) is 0 Å². The van der Waals surface area contributed by atoms with Gasteiger partial charge in [0.1, 0.15) is 11.5 Å². The van der Waals surface area contributed by atoms with Crippen LogP contribution in [0, 0.1) is 0 Å². The third-order valence-electron chi connectivity index (χ3n) is 2.11. The number of methoxy groups -OCH3 is 1. The van der Waals surface area contributed by atoms with Crippen LogP contribution in [0.2, 0.25) is 0 Å². The first-order chi connectivity index (χ1) is 6.69. The van der Waals surface area contributed by atoms with E-state index < -0.39 is 0 Å². The molecule has 0 unspecified atom stereocenters. The molecule has 0 aromatic heterocycles. The number of benzene rings is 1. The van der Waals surface area contributed by atoms with E-state index in [4.69, 9.17) is 16.2 Å². The van der Waals surface area contributed by atoms with Crippen molar-refractivity contribution in [1.82, 2.24) is 0 Å². The number of aromatic hydroxyl groups is 1. The van der Waals surface area contributed by atoms with Crippen molar-refractivity contribution in [3.8, 4) is 11.5 Å². The number of nitrogens with two attached hydrogens (primary N) is 2. The topological polar surface area (TPSA) is 81.5 Å². The maximum atomic E-state index is 9.62. The molecule has 1 atom stereocenters. The Morgan fingerprint density at radius 1 is 1.47 bits per heavy atom. The molecule has 4 nitrogen and oxygen atoms in total. The van der Waals surface area contributed by atoms with Crippen LogP contribution in [0.1, 0.15) is 18.0 Å². The first-order valence-electron chi connectivity index (χ1n) is 4.51. The first kappa shape index (κ1) is 14.0. The highest BCUT2D eigenvalue weighted by Gasteiger charge is 2.10. The molecule has 0 spiro atoms.